The second-order valence-electron chi connectivity index (χ2n) is 11.8. The smallest absolute Gasteiger partial charge is 0.421 e. The first-order chi connectivity index (χ1) is 20.7. The summed E-state index contributed by atoms with van der Waals surface area (Å²) in [6, 6.07) is 1.91. The van der Waals surface area contributed by atoms with Crippen LogP contribution in [0, 0.1) is 6.92 Å². The van der Waals surface area contributed by atoms with Crippen LogP contribution < -0.4 is 15.4 Å². The molecular formula is C29H38F3N7O4S. The van der Waals surface area contributed by atoms with Crippen LogP contribution in [0.5, 0.6) is 5.75 Å². The predicted molar refractivity (Wildman–Crippen MR) is 160 cm³/mol. The van der Waals surface area contributed by atoms with E-state index < -0.39 is 32.6 Å². The van der Waals surface area contributed by atoms with Gasteiger partial charge in [-0.25, -0.2) is 13.4 Å². The molecular weight excluding hydrogens is 599 g/mol. The lowest BCUT2D eigenvalue weighted by atomic mass is 9.82. The maximum Gasteiger partial charge on any atom is 0.421 e. The fraction of sp³-hybridized carbons (Fsp3) is 0.552. The van der Waals surface area contributed by atoms with Gasteiger partial charge in [0.15, 0.2) is 0 Å². The zero-order valence-corrected chi connectivity index (χ0v) is 26.2. The minimum Gasteiger partial charge on any atom is -0.488 e. The van der Waals surface area contributed by atoms with Crippen molar-refractivity contribution in [2.24, 2.45) is 7.05 Å². The fourth-order valence-electron chi connectivity index (χ4n) is 5.98. The molecule has 0 aliphatic carbocycles. The number of hydrogen-bond acceptors (Lipinski definition) is 10. The molecule has 2 aromatic heterocycles. The summed E-state index contributed by atoms with van der Waals surface area (Å²) in [7, 11) is -2.44. The van der Waals surface area contributed by atoms with Crippen molar-refractivity contribution >= 4 is 33.0 Å². The number of aliphatic hydroxyl groups is 1. The van der Waals surface area contributed by atoms with Crippen LogP contribution in [0.25, 0.3) is 0 Å². The highest BCUT2D eigenvalue weighted by Gasteiger charge is 2.37. The maximum atomic E-state index is 14.0. The van der Waals surface area contributed by atoms with Crippen LogP contribution in [0.1, 0.15) is 61.8 Å². The Labute approximate surface area is 254 Å². The number of β-amino-alcohol motifs (C(OH)–C–C–N with tert-alkyl or cyclic N) is 1. The zero-order valence-electron chi connectivity index (χ0n) is 25.4. The Balaban J connectivity index is 1.50. The lowest BCUT2D eigenvalue weighted by molar-refractivity contribution is -0.137. The number of benzene rings is 1. The molecule has 0 saturated carbocycles. The lowest BCUT2D eigenvalue weighted by Gasteiger charge is -2.33. The van der Waals surface area contributed by atoms with Crippen LogP contribution in [0.3, 0.4) is 0 Å². The van der Waals surface area contributed by atoms with Crippen molar-refractivity contribution < 1.29 is 31.4 Å². The molecule has 1 atom stereocenters. The van der Waals surface area contributed by atoms with E-state index >= 15 is 0 Å². The van der Waals surface area contributed by atoms with Crippen molar-refractivity contribution in [2.75, 3.05) is 36.9 Å². The average Bonchev–Trinajstić information content (AvgIpc) is 3.51. The number of aliphatic hydroxyl groups excluding tert-OH is 1. The quantitative estimate of drug-likeness (QED) is 0.303. The number of hydrogen-bond donors (Lipinski definition) is 3. The summed E-state index contributed by atoms with van der Waals surface area (Å²) in [5.74, 6) is 0.228. The highest BCUT2D eigenvalue weighted by molar-refractivity contribution is 7.92. The average molecular weight is 638 g/mol. The normalized spacial score (nSPS) is 18.0. The van der Waals surface area contributed by atoms with Gasteiger partial charge >= 0.3 is 6.18 Å². The van der Waals surface area contributed by atoms with E-state index in [4.69, 9.17) is 4.74 Å². The van der Waals surface area contributed by atoms with Gasteiger partial charge in [-0.2, -0.15) is 23.3 Å². The molecule has 15 heteroatoms. The standard InChI is InChI=1S/C29H38F3N7O4S/c1-16(2)44(41,42)27-23(15-38(5)37-27)34-26-21(29(30,31)32)14-33-28(36-26)35-22-12-17(3)24(20-13-18(4)43-25(20)22)19-6-8-39(9-7-19)10-11-40/h12,14-16,18-19,40H,6-11,13H2,1-5H3,(H2,33,34,35,36)/t18-/m1/s1. The monoisotopic (exact) mass is 637 g/mol. The van der Waals surface area contributed by atoms with E-state index in [1.165, 1.54) is 37.3 Å². The van der Waals surface area contributed by atoms with Crippen molar-refractivity contribution in [3.63, 3.8) is 0 Å². The van der Waals surface area contributed by atoms with Gasteiger partial charge in [0.25, 0.3) is 0 Å². The van der Waals surface area contributed by atoms with E-state index in [1.54, 1.807) is 0 Å². The largest absolute Gasteiger partial charge is 0.488 e. The van der Waals surface area contributed by atoms with Gasteiger partial charge in [0.2, 0.25) is 20.8 Å². The van der Waals surface area contributed by atoms with Crippen molar-refractivity contribution in [1.29, 1.82) is 0 Å². The van der Waals surface area contributed by atoms with Gasteiger partial charge in [0.1, 0.15) is 23.2 Å². The molecule has 0 amide bonds. The number of alkyl halides is 3. The van der Waals surface area contributed by atoms with Gasteiger partial charge in [-0.15, -0.1) is 0 Å². The van der Waals surface area contributed by atoms with Crippen LogP contribution in [0.2, 0.25) is 0 Å². The number of ether oxygens (including phenoxy) is 1. The first-order valence-corrected chi connectivity index (χ1v) is 16.2. The minimum absolute atomic E-state index is 0.0850. The third-order valence-corrected chi connectivity index (χ3v) is 10.2. The van der Waals surface area contributed by atoms with Crippen molar-refractivity contribution in [3.05, 3.63) is 40.7 Å². The number of sulfone groups is 1. The van der Waals surface area contributed by atoms with Crippen LogP contribution in [-0.2, 0) is 29.5 Å². The predicted octanol–water partition coefficient (Wildman–Crippen LogP) is 4.70. The Morgan fingerprint density at radius 1 is 1.18 bits per heavy atom. The Bertz CT molecular complexity index is 1630. The van der Waals surface area contributed by atoms with Gasteiger partial charge in [-0.05, 0) is 76.7 Å². The fourth-order valence-corrected chi connectivity index (χ4v) is 7.08. The minimum atomic E-state index is -4.81. The molecule has 2 aliphatic heterocycles. The zero-order chi connectivity index (χ0) is 32.0. The summed E-state index contributed by atoms with van der Waals surface area (Å²) in [4.78, 5) is 10.4. The molecule has 1 aromatic carbocycles. The number of nitrogens with one attached hydrogen (secondary N) is 2. The van der Waals surface area contributed by atoms with Gasteiger partial charge < -0.3 is 25.4 Å². The summed E-state index contributed by atoms with van der Waals surface area (Å²) in [5.41, 5.74) is 2.61. The van der Waals surface area contributed by atoms with E-state index in [2.05, 4.69) is 30.6 Å². The van der Waals surface area contributed by atoms with E-state index in [0.29, 0.717) is 36.5 Å². The Kier molecular flexibility index (Phi) is 8.84. The number of aromatic nitrogens is 4. The number of likely N-dealkylation sites (tertiary alicyclic amines) is 1. The number of fused-ring (bicyclic) bond motifs is 1. The first-order valence-electron chi connectivity index (χ1n) is 14.6. The maximum absolute atomic E-state index is 14.0. The lowest BCUT2D eigenvalue weighted by Crippen LogP contribution is -2.35. The number of halogens is 3. The third-order valence-electron chi connectivity index (χ3n) is 8.13. The molecule has 4 heterocycles. The highest BCUT2D eigenvalue weighted by Crippen LogP contribution is 2.46. The molecule has 0 unspecified atom stereocenters. The van der Waals surface area contributed by atoms with Gasteiger partial charge in [0, 0.05) is 38.0 Å². The molecule has 11 nitrogen and oxygen atoms in total. The number of rotatable bonds is 9. The van der Waals surface area contributed by atoms with E-state index in [0.717, 1.165) is 37.1 Å². The Morgan fingerprint density at radius 3 is 2.52 bits per heavy atom. The Hall–Kier alpha value is -3.43. The van der Waals surface area contributed by atoms with Crippen molar-refractivity contribution in [2.45, 2.75) is 75.4 Å². The molecule has 1 fully saturated rings. The summed E-state index contributed by atoms with van der Waals surface area (Å²) in [5, 5.41) is 17.7. The number of nitrogens with zero attached hydrogens (tertiary/aromatic N) is 5. The summed E-state index contributed by atoms with van der Waals surface area (Å²) < 4.78 is 75.3. The molecule has 0 bridgehead atoms. The number of anilines is 4. The first kappa shape index (κ1) is 32.0. The number of aryl methyl sites for hydroxylation is 2. The molecule has 44 heavy (non-hydrogen) atoms. The number of piperidine rings is 1. The molecule has 5 rings (SSSR count). The second kappa shape index (κ2) is 12.2. The molecule has 3 N–H and O–H groups in total. The SMILES string of the molecule is Cc1cc(Nc2ncc(C(F)(F)F)c(Nc3cn(C)nc3S(=O)(=O)C(C)C)n2)c2c(c1C1CCN(CCO)CC1)C[C@@H](C)O2. The van der Waals surface area contributed by atoms with E-state index in [-0.39, 0.29) is 29.4 Å². The summed E-state index contributed by atoms with van der Waals surface area (Å²) in [6.45, 7) is 9.50. The molecule has 240 valence electrons. The third kappa shape index (κ3) is 6.35. The van der Waals surface area contributed by atoms with Gasteiger partial charge in [-0.1, -0.05) is 0 Å². The summed E-state index contributed by atoms with van der Waals surface area (Å²) >= 11 is 0. The second-order valence-corrected chi connectivity index (χ2v) is 14.2. The highest BCUT2D eigenvalue weighted by atomic mass is 32.2. The van der Waals surface area contributed by atoms with Gasteiger partial charge in [-0.3, -0.25) is 4.68 Å². The van der Waals surface area contributed by atoms with Crippen molar-refractivity contribution in [3.8, 4) is 5.75 Å². The molecule has 3 aromatic rings. The van der Waals surface area contributed by atoms with Crippen LogP contribution in [0.4, 0.5) is 36.3 Å². The molecule has 1 saturated heterocycles. The van der Waals surface area contributed by atoms with Crippen LogP contribution in [-0.4, -0.2) is 75.8 Å². The Morgan fingerprint density at radius 2 is 1.89 bits per heavy atom. The van der Waals surface area contributed by atoms with Crippen LogP contribution >= 0.6 is 0 Å². The topological polar surface area (TPSA) is 134 Å². The molecule has 0 spiro atoms. The van der Waals surface area contributed by atoms with Crippen LogP contribution in [0.15, 0.2) is 23.5 Å². The van der Waals surface area contributed by atoms with E-state index in [9.17, 15) is 26.7 Å². The molecule has 0 radical (unpaired) electrons. The van der Waals surface area contributed by atoms with Gasteiger partial charge in [0.05, 0.1) is 23.2 Å². The van der Waals surface area contributed by atoms with Crippen molar-refractivity contribution in [1.82, 2.24) is 24.6 Å². The van der Waals surface area contributed by atoms with E-state index in [1.807, 2.05) is 19.9 Å². The molecule has 2 aliphatic rings. The summed E-state index contributed by atoms with van der Waals surface area (Å²) in [6.07, 6.45) is -0.336.